The number of hydrogen-bond acceptors (Lipinski definition) is 10. The molecule has 3 aromatic rings. The largest absolute Gasteiger partial charge is 0.481 e. The lowest BCUT2D eigenvalue weighted by molar-refractivity contribution is -0.385. The quantitative estimate of drug-likeness (QED) is 0.326. The summed E-state index contributed by atoms with van der Waals surface area (Å²) in [5, 5.41) is 14.9. The standard InChI is InChI=1S/C19H16N6O6/c1-29-16-10-17(30-2)23-19(22-16)31-15-8-5-9-20-13(15)11-21-24-18(26)12-6-3-4-7-14(12)25(27)28/h3-11H,1-2H3,(H,24,26). The van der Waals surface area contributed by atoms with Crippen LogP contribution in [0.4, 0.5) is 5.69 Å². The Kier molecular flexibility index (Phi) is 6.63. The van der Waals surface area contributed by atoms with Crippen LogP contribution in [-0.2, 0) is 0 Å². The van der Waals surface area contributed by atoms with E-state index < -0.39 is 10.8 Å². The highest BCUT2D eigenvalue weighted by molar-refractivity contribution is 5.98. The molecular formula is C19H16N6O6. The molecule has 0 spiro atoms. The second-order valence-corrected chi connectivity index (χ2v) is 5.70. The van der Waals surface area contributed by atoms with Crippen molar-refractivity contribution in [2.24, 2.45) is 5.10 Å². The lowest BCUT2D eigenvalue weighted by atomic mass is 10.2. The summed E-state index contributed by atoms with van der Waals surface area (Å²) in [4.78, 5) is 34.9. The summed E-state index contributed by atoms with van der Waals surface area (Å²) in [6.45, 7) is 0. The molecule has 12 heteroatoms. The smallest absolute Gasteiger partial charge is 0.328 e. The molecule has 12 nitrogen and oxygen atoms in total. The number of pyridine rings is 1. The molecular weight excluding hydrogens is 408 g/mol. The fourth-order valence-corrected chi connectivity index (χ4v) is 2.36. The first-order chi connectivity index (χ1) is 15.0. The summed E-state index contributed by atoms with van der Waals surface area (Å²) in [5.41, 5.74) is 2.02. The SMILES string of the molecule is COc1cc(OC)nc(Oc2cccnc2C=NNC(=O)c2ccccc2[N+](=O)[O-])n1. The summed E-state index contributed by atoms with van der Waals surface area (Å²) in [6, 6.07) is 10.2. The topological polar surface area (TPSA) is 151 Å². The van der Waals surface area contributed by atoms with Crippen molar-refractivity contribution >= 4 is 17.8 Å². The average molecular weight is 424 g/mol. The first-order valence-electron chi connectivity index (χ1n) is 8.68. The molecule has 158 valence electrons. The number of amides is 1. The van der Waals surface area contributed by atoms with Crippen LogP contribution in [0.3, 0.4) is 0 Å². The lowest BCUT2D eigenvalue weighted by Gasteiger charge is -2.08. The van der Waals surface area contributed by atoms with E-state index >= 15 is 0 Å². The highest BCUT2D eigenvalue weighted by atomic mass is 16.6. The Labute approximate surface area is 175 Å². The van der Waals surface area contributed by atoms with Crippen LogP contribution in [0, 0.1) is 10.1 Å². The molecule has 0 saturated carbocycles. The van der Waals surface area contributed by atoms with Crippen LogP contribution in [-0.4, -0.2) is 46.2 Å². The molecule has 2 heterocycles. The van der Waals surface area contributed by atoms with E-state index in [0.29, 0.717) is 0 Å². The van der Waals surface area contributed by atoms with E-state index in [9.17, 15) is 14.9 Å². The van der Waals surface area contributed by atoms with Gasteiger partial charge in [0.25, 0.3) is 11.6 Å². The van der Waals surface area contributed by atoms with Gasteiger partial charge in [0.05, 0.1) is 31.4 Å². The minimum Gasteiger partial charge on any atom is -0.481 e. The predicted octanol–water partition coefficient (Wildman–Crippen LogP) is 2.35. The molecule has 0 fully saturated rings. The Morgan fingerprint density at radius 1 is 1.13 bits per heavy atom. The second-order valence-electron chi connectivity index (χ2n) is 5.70. The molecule has 1 aromatic carbocycles. The normalized spacial score (nSPS) is 10.5. The van der Waals surface area contributed by atoms with Gasteiger partial charge in [-0.05, 0) is 18.2 Å². The first kappa shape index (κ1) is 21.1. The fourth-order valence-electron chi connectivity index (χ4n) is 2.36. The van der Waals surface area contributed by atoms with Gasteiger partial charge in [-0.25, -0.2) is 5.43 Å². The summed E-state index contributed by atoms with van der Waals surface area (Å²) in [7, 11) is 2.88. The number of para-hydroxylation sites is 1. The molecule has 1 amide bonds. The number of carbonyl (C=O) groups is 1. The number of benzene rings is 1. The van der Waals surface area contributed by atoms with Gasteiger partial charge in [0, 0.05) is 12.3 Å². The van der Waals surface area contributed by atoms with Crippen LogP contribution < -0.4 is 19.6 Å². The number of rotatable bonds is 8. The molecule has 0 aliphatic heterocycles. The van der Waals surface area contributed by atoms with Crippen LogP contribution in [0.1, 0.15) is 16.1 Å². The second kappa shape index (κ2) is 9.73. The Hall–Kier alpha value is -4.61. The van der Waals surface area contributed by atoms with E-state index in [2.05, 4.69) is 25.5 Å². The van der Waals surface area contributed by atoms with Crippen molar-refractivity contribution in [3.8, 4) is 23.5 Å². The minimum absolute atomic E-state index is 0.0530. The van der Waals surface area contributed by atoms with E-state index in [-0.39, 0.29) is 40.5 Å². The monoisotopic (exact) mass is 424 g/mol. The molecule has 1 N–H and O–H groups in total. The average Bonchev–Trinajstić information content (AvgIpc) is 2.79. The zero-order valence-electron chi connectivity index (χ0n) is 16.4. The van der Waals surface area contributed by atoms with Crippen molar-refractivity contribution < 1.29 is 23.9 Å². The van der Waals surface area contributed by atoms with Crippen molar-refractivity contribution in [1.29, 1.82) is 0 Å². The van der Waals surface area contributed by atoms with Crippen molar-refractivity contribution in [3.05, 3.63) is 70.0 Å². The number of nitrogens with zero attached hydrogens (tertiary/aromatic N) is 5. The van der Waals surface area contributed by atoms with Gasteiger partial charge in [0.15, 0.2) is 5.75 Å². The highest BCUT2D eigenvalue weighted by Gasteiger charge is 2.18. The summed E-state index contributed by atoms with van der Waals surface area (Å²) in [6.07, 6.45) is 2.71. The van der Waals surface area contributed by atoms with Crippen LogP contribution in [0.2, 0.25) is 0 Å². The Balaban J connectivity index is 1.78. The van der Waals surface area contributed by atoms with E-state index in [1.54, 1.807) is 12.1 Å². The Bertz CT molecular complexity index is 1110. The lowest BCUT2D eigenvalue weighted by Crippen LogP contribution is -2.19. The molecule has 0 saturated heterocycles. The molecule has 0 aliphatic rings. The van der Waals surface area contributed by atoms with E-state index in [1.807, 2.05) is 0 Å². The number of hydrazone groups is 1. The maximum atomic E-state index is 12.2. The van der Waals surface area contributed by atoms with Crippen molar-refractivity contribution in [2.45, 2.75) is 0 Å². The van der Waals surface area contributed by atoms with E-state index in [1.165, 1.54) is 57.0 Å². The number of aromatic nitrogens is 3. The van der Waals surface area contributed by atoms with Crippen LogP contribution in [0.25, 0.3) is 0 Å². The molecule has 0 bridgehead atoms. The Morgan fingerprint density at radius 3 is 2.52 bits per heavy atom. The highest BCUT2D eigenvalue weighted by Crippen LogP contribution is 2.24. The first-order valence-corrected chi connectivity index (χ1v) is 8.68. The van der Waals surface area contributed by atoms with Gasteiger partial charge in [0.1, 0.15) is 11.3 Å². The third-order valence-corrected chi connectivity index (χ3v) is 3.78. The molecule has 0 unspecified atom stereocenters. The van der Waals surface area contributed by atoms with Gasteiger partial charge in [-0.1, -0.05) is 12.1 Å². The summed E-state index contributed by atoms with van der Waals surface area (Å²) < 4.78 is 15.8. The number of nitro groups is 1. The van der Waals surface area contributed by atoms with Crippen LogP contribution in [0.15, 0.2) is 53.8 Å². The number of methoxy groups -OCH3 is 2. The molecule has 0 aliphatic carbocycles. The minimum atomic E-state index is -0.747. The predicted molar refractivity (Wildman–Crippen MR) is 108 cm³/mol. The molecule has 2 aromatic heterocycles. The van der Waals surface area contributed by atoms with Gasteiger partial charge < -0.3 is 14.2 Å². The van der Waals surface area contributed by atoms with Gasteiger partial charge >= 0.3 is 6.01 Å². The van der Waals surface area contributed by atoms with Gasteiger partial charge in [0.2, 0.25) is 11.8 Å². The number of nitro benzene ring substituents is 1. The number of ether oxygens (including phenoxy) is 3. The maximum absolute atomic E-state index is 12.2. The van der Waals surface area contributed by atoms with Crippen molar-refractivity contribution in [3.63, 3.8) is 0 Å². The number of nitrogens with one attached hydrogen (secondary N) is 1. The maximum Gasteiger partial charge on any atom is 0.328 e. The summed E-state index contributed by atoms with van der Waals surface area (Å²) in [5.74, 6) is -0.0420. The zero-order chi connectivity index (χ0) is 22.2. The Morgan fingerprint density at radius 2 is 1.84 bits per heavy atom. The molecule has 0 atom stereocenters. The van der Waals surface area contributed by atoms with E-state index in [4.69, 9.17) is 14.2 Å². The molecule has 31 heavy (non-hydrogen) atoms. The number of hydrogen-bond donors (Lipinski definition) is 1. The van der Waals surface area contributed by atoms with Gasteiger partial charge in [-0.3, -0.25) is 19.9 Å². The molecule has 0 radical (unpaired) electrons. The third-order valence-electron chi connectivity index (χ3n) is 3.78. The number of carbonyl (C=O) groups excluding carboxylic acids is 1. The van der Waals surface area contributed by atoms with Gasteiger partial charge in [-0.2, -0.15) is 15.1 Å². The molecule has 3 rings (SSSR count). The third kappa shape index (κ3) is 5.26. The van der Waals surface area contributed by atoms with Crippen LogP contribution >= 0.6 is 0 Å². The van der Waals surface area contributed by atoms with Gasteiger partial charge in [-0.15, -0.1) is 0 Å². The zero-order valence-corrected chi connectivity index (χ0v) is 16.4. The van der Waals surface area contributed by atoms with E-state index in [0.717, 1.165) is 0 Å². The fraction of sp³-hybridized carbons (Fsp3) is 0.105. The summed E-state index contributed by atoms with van der Waals surface area (Å²) >= 11 is 0. The van der Waals surface area contributed by atoms with Crippen LogP contribution in [0.5, 0.6) is 23.5 Å². The van der Waals surface area contributed by atoms with Crippen molar-refractivity contribution in [1.82, 2.24) is 20.4 Å². The van der Waals surface area contributed by atoms with Crippen molar-refractivity contribution in [2.75, 3.05) is 14.2 Å².